The minimum absolute atomic E-state index is 0.0683. The van der Waals surface area contributed by atoms with Gasteiger partial charge in [-0.05, 0) is 28.7 Å². The monoisotopic (exact) mass is 321 g/mol. The lowest BCUT2D eigenvalue weighted by Gasteiger charge is -2.22. The minimum Gasteiger partial charge on any atom is -0.464 e. The van der Waals surface area contributed by atoms with E-state index < -0.39 is 0 Å². The molecule has 1 heterocycles. The first-order valence-electron chi connectivity index (χ1n) is 8.35. The Kier molecular flexibility index (Phi) is 3.81. The molecule has 4 heteroatoms. The van der Waals surface area contributed by atoms with E-state index in [-0.39, 0.29) is 30.1 Å². The van der Waals surface area contributed by atoms with Crippen LogP contribution in [-0.2, 0) is 14.3 Å². The second kappa shape index (κ2) is 6.11. The highest BCUT2D eigenvalue weighted by atomic mass is 16.5. The van der Waals surface area contributed by atoms with Gasteiger partial charge in [-0.3, -0.25) is 9.59 Å². The lowest BCUT2D eigenvalue weighted by Crippen LogP contribution is -2.37. The van der Waals surface area contributed by atoms with Crippen molar-refractivity contribution in [3.8, 4) is 11.1 Å². The maximum atomic E-state index is 12.3. The summed E-state index contributed by atoms with van der Waals surface area (Å²) >= 11 is 0. The van der Waals surface area contributed by atoms with Crippen molar-refractivity contribution < 1.29 is 14.3 Å². The molecule has 1 amide bonds. The van der Waals surface area contributed by atoms with Crippen molar-refractivity contribution in [1.29, 1.82) is 0 Å². The van der Waals surface area contributed by atoms with Gasteiger partial charge < -0.3 is 10.1 Å². The maximum Gasteiger partial charge on any atom is 0.309 e. The summed E-state index contributed by atoms with van der Waals surface area (Å²) in [5.41, 5.74) is 4.83. The predicted octanol–water partition coefficient (Wildman–Crippen LogP) is 2.87. The number of esters is 1. The van der Waals surface area contributed by atoms with E-state index in [0.29, 0.717) is 19.6 Å². The van der Waals surface area contributed by atoms with E-state index >= 15 is 0 Å². The van der Waals surface area contributed by atoms with Crippen LogP contribution in [0, 0.1) is 5.92 Å². The van der Waals surface area contributed by atoms with Crippen molar-refractivity contribution in [1.82, 2.24) is 5.32 Å². The SMILES string of the molecule is O=C1CC(C(=O)OCC2c3ccccc3-c3ccccc32)CCN1. The molecule has 0 radical (unpaired) electrons. The van der Waals surface area contributed by atoms with E-state index in [1.54, 1.807) is 0 Å². The van der Waals surface area contributed by atoms with Gasteiger partial charge in [-0.1, -0.05) is 48.5 Å². The number of hydrogen-bond acceptors (Lipinski definition) is 3. The van der Waals surface area contributed by atoms with Crippen molar-refractivity contribution in [2.24, 2.45) is 5.92 Å². The van der Waals surface area contributed by atoms with Crippen molar-refractivity contribution in [3.05, 3.63) is 59.7 Å². The van der Waals surface area contributed by atoms with Crippen LogP contribution in [0.1, 0.15) is 29.9 Å². The molecule has 24 heavy (non-hydrogen) atoms. The van der Waals surface area contributed by atoms with Crippen LogP contribution in [-0.4, -0.2) is 25.0 Å². The van der Waals surface area contributed by atoms with E-state index in [1.165, 1.54) is 22.3 Å². The molecule has 4 rings (SSSR count). The second-order valence-electron chi connectivity index (χ2n) is 6.40. The van der Waals surface area contributed by atoms with E-state index in [0.717, 1.165) is 0 Å². The fraction of sp³-hybridized carbons (Fsp3) is 0.300. The van der Waals surface area contributed by atoms with Crippen LogP contribution in [0.4, 0.5) is 0 Å². The molecular formula is C20H19NO3. The smallest absolute Gasteiger partial charge is 0.309 e. The van der Waals surface area contributed by atoms with E-state index in [1.807, 2.05) is 24.3 Å². The van der Waals surface area contributed by atoms with Gasteiger partial charge in [0.1, 0.15) is 6.61 Å². The van der Waals surface area contributed by atoms with Gasteiger partial charge in [0.15, 0.2) is 0 Å². The average Bonchev–Trinajstić information content (AvgIpc) is 2.94. The highest BCUT2D eigenvalue weighted by Gasteiger charge is 2.31. The van der Waals surface area contributed by atoms with Crippen LogP contribution in [0.25, 0.3) is 11.1 Å². The van der Waals surface area contributed by atoms with Crippen LogP contribution in [0.2, 0.25) is 0 Å². The number of benzene rings is 2. The fourth-order valence-corrected chi connectivity index (χ4v) is 3.71. The van der Waals surface area contributed by atoms with Crippen molar-refractivity contribution in [2.75, 3.05) is 13.2 Å². The predicted molar refractivity (Wildman–Crippen MR) is 90.4 cm³/mol. The molecule has 0 bridgehead atoms. The first-order valence-corrected chi connectivity index (χ1v) is 8.35. The third-order valence-electron chi connectivity index (χ3n) is 4.93. The number of hydrogen-bond donors (Lipinski definition) is 1. The lowest BCUT2D eigenvalue weighted by atomic mass is 9.96. The Morgan fingerprint density at radius 3 is 2.29 bits per heavy atom. The van der Waals surface area contributed by atoms with Crippen LogP contribution < -0.4 is 5.32 Å². The number of ether oxygens (including phenoxy) is 1. The zero-order chi connectivity index (χ0) is 16.5. The maximum absolute atomic E-state index is 12.3. The molecule has 0 saturated carbocycles. The van der Waals surface area contributed by atoms with Crippen LogP contribution in [0.5, 0.6) is 0 Å². The van der Waals surface area contributed by atoms with Gasteiger partial charge in [0, 0.05) is 18.9 Å². The molecule has 4 nitrogen and oxygen atoms in total. The highest BCUT2D eigenvalue weighted by Crippen LogP contribution is 2.44. The molecule has 2 aromatic rings. The number of carbonyl (C=O) groups excluding carboxylic acids is 2. The second-order valence-corrected chi connectivity index (χ2v) is 6.40. The Morgan fingerprint density at radius 1 is 1.04 bits per heavy atom. The van der Waals surface area contributed by atoms with Crippen LogP contribution in [0.3, 0.4) is 0 Å². The number of piperidine rings is 1. The molecule has 1 aliphatic carbocycles. The number of nitrogens with one attached hydrogen (secondary N) is 1. The summed E-state index contributed by atoms with van der Waals surface area (Å²) in [6.07, 6.45) is 0.888. The molecule has 1 atom stereocenters. The van der Waals surface area contributed by atoms with Gasteiger partial charge in [-0.15, -0.1) is 0 Å². The zero-order valence-electron chi connectivity index (χ0n) is 13.3. The molecule has 2 aromatic carbocycles. The Balaban J connectivity index is 1.52. The van der Waals surface area contributed by atoms with Gasteiger partial charge in [-0.25, -0.2) is 0 Å². The van der Waals surface area contributed by atoms with E-state index in [2.05, 4.69) is 29.6 Å². The van der Waals surface area contributed by atoms with E-state index in [4.69, 9.17) is 4.74 Å². The van der Waals surface area contributed by atoms with Crippen molar-refractivity contribution in [3.63, 3.8) is 0 Å². The molecule has 0 aromatic heterocycles. The topological polar surface area (TPSA) is 55.4 Å². The molecular weight excluding hydrogens is 302 g/mol. The summed E-state index contributed by atoms with van der Waals surface area (Å²) in [5, 5.41) is 2.74. The zero-order valence-corrected chi connectivity index (χ0v) is 13.3. The lowest BCUT2D eigenvalue weighted by molar-refractivity contribution is -0.151. The molecule has 2 aliphatic rings. The Morgan fingerprint density at radius 2 is 1.67 bits per heavy atom. The summed E-state index contributed by atoms with van der Waals surface area (Å²) < 4.78 is 5.61. The molecule has 1 fully saturated rings. The minimum atomic E-state index is -0.314. The molecule has 0 spiro atoms. The first kappa shape index (κ1) is 14.9. The van der Waals surface area contributed by atoms with Gasteiger partial charge in [0.2, 0.25) is 5.91 Å². The van der Waals surface area contributed by atoms with Crippen LogP contribution >= 0.6 is 0 Å². The van der Waals surface area contributed by atoms with Gasteiger partial charge in [-0.2, -0.15) is 0 Å². The fourth-order valence-electron chi connectivity index (χ4n) is 3.71. The Bertz CT molecular complexity index is 753. The first-order chi connectivity index (χ1) is 11.7. The number of carbonyl (C=O) groups is 2. The van der Waals surface area contributed by atoms with Gasteiger partial charge in [0.05, 0.1) is 5.92 Å². The van der Waals surface area contributed by atoms with Gasteiger partial charge in [0.25, 0.3) is 0 Å². The Hall–Kier alpha value is -2.62. The van der Waals surface area contributed by atoms with E-state index in [9.17, 15) is 9.59 Å². The molecule has 1 unspecified atom stereocenters. The van der Waals surface area contributed by atoms with Crippen molar-refractivity contribution >= 4 is 11.9 Å². The molecule has 1 aliphatic heterocycles. The van der Waals surface area contributed by atoms with Gasteiger partial charge >= 0.3 is 5.97 Å². The third kappa shape index (κ3) is 2.58. The summed E-state index contributed by atoms with van der Waals surface area (Å²) in [6, 6.07) is 16.5. The summed E-state index contributed by atoms with van der Waals surface area (Å²) in [7, 11) is 0. The number of amides is 1. The normalized spacial score (nSPS) is 19.3. The largest absolute Gasteiger partial charge is 0.464 e. The Labute approximate surface area is 140 Å². The van der Waals surface area contributed by atoms with Crippen molar-refractivity contribution in [2.45, 2.75) is 18.8 Å². The molecule has 1 saturated heterocycles. The summed E-state index contributed by atoms with van der Waals surface area (Å²) in [4.78, 5) is 23.8. The third-order valence-corrected chi connectivity index (χ3v) is 4.93. The summed E-state index contributed by atoms with van der Waals surface area (Å²) in [5.74, 6) is -0.573. The summed E-state index contributed by atoms with van der Waals surface area (Å²) in [6.45, 7) is 0.874. The quantitative estimate of drug-likeness (QED) is 0.885. The average molecular weight is 321 g/mol. The molecule has 1 N–H and O–H groups in total. The number of fused-ring (bicyclic) bond motifs is 3. The van der Waals surface area contributed by atoms with Crippen LogP contribution in [0.15, 0.2) is 48.5 Å². The number of rotatable bonds is 3. The standard InChI is InChI=1S/C20H19NO3/c22-19-11-13(9-10-21-19)20(23)24-12-18-16-7-3-1-5-14(16)15-6-2-4-8-17(15)18/h1-8,13,18H,9-12H2,(H,21,22). The highest BCUT2D eigenvalue weighted by molar-refractivity contribution is 5.84. The molecule has 122 valence electrons.